The van der Waals surface area contributed by atoms with Gasteiger partial charge in [-0.1, -0.05) is 23.7 Å². The number of nitrogens with zero attached hydrogens (tertiary/aromatic N) is 4. The van der Waals surface area contributed by atoms with Crippen LogP contribution >= 0.6 is 11.6 Å². The second kappa shape index (κ2) is 8.81. The van der Waals surface area contributed by atoms with Gasteiger partial charge < -0.3 is 19.3 Å². The van der Waals surface area contributed by atoms with Crippen LogP contribution in [0, 0.1) is 13.8 Å². The third kappa shape index (κ3) is 4.05. The Morgan fingerprint density at radius 2 is 1.86 bits per heavy atom. The normalized spacial score (nSPS) is 13.0. The molecule has 0 amide bonds. The first-order valence-corrected chi connectivity index (χ1v) is 11.3. The standard InChI is InChI=1S/C25H21ClF2N4O3/c1-13-9-19-21(15-3-5-16(26)6-4-15)18(10-20(33)34)14(2)22-23(19)31(13)7-8-32(22)25-29-11-17(12-30-25)35-24(27)28/h3-6,9,11-12,24H,7-8,10H2,1-2H3,(H,33,34). The van der Waals surface area contributed by atoms with Crippen LogP contribution < -0.4 is 9.64 Å². The van der Waals surface area contributed by atoms with Crippen molar-refractivity contribution in [3.8, 4) is 16.9 Å². The third-order valence-corrected chi connectivity index (χ3v) is 6.52. The van der Waals surface area contributed by atoms with Gasteiger partial charge in [0.05, 0.1) is 30.0 Å². The summed E-state index contributed by atoms with van der Waals surface area (Å²) in [6.07, 6.45) is 2.24. The molecule has 2 aromatic carbocycles. The fourth-order valence-corrected chi connectivity index (χ4v) is 4.98. The molecule has 10 heteroatoms. The monoisotopic (exact) mass is 498 g/mol. The number of aryl methyl sites for hydroxylation is 1. The molecule has 1 N–H and O–H groups in total. The maximum atomic E-state index is 12.6. The Morgan fingerprint density at radius 3 is 2.49 bits per heavy atom. The van der Waals surface area contributed by atoms with E-state index in [1.807, 2.05) is 30.9 Å². The fraction of sp³-hybridized carbons (Fsp3) is 0.240. The van der Waals surface area contributed by atoms with E-state index in [-0.39, 0.29) is 12.2 Å². The molecule has 1 aliphatic rings. The van der Waals surface area contributed by atoms with Crippen LogP contribution in [0.5, 0.6) is 5.75 Å². The summed E-state index contributed by atoms with van der Waals surface area (Å²) in [5.74, 6) is -0.758. The van der Waals surface area contributed by atoms with Crippen molar-refractivity contribution in [3.63, 3.8) is 0 Å². The highest BCUT2D eigenvalue weighted by atomic mass is 35.5. The number of carbonyl (C=O) groups is 1. The Bertz CT molecular complexity index is 1440. The Kier molecular flexibility index (Phi) is 5.80. The number of aromatic nitrogens is 3. The lowest BCUT2D eigenvalue weighted by atomic mass is 9.88. The third-order valence-electron chi connectivity index (χ3n) is 6.27. The van der Waals surface area contributed by atoms with Gasteiger partial charge in [-0.25, -0.2) is 9.97 Å². The van der Waals surface area contributed by atoms with Crippen molar-refractivity contribution in [3.05, 3.63) is 64.6 Å². The molecule has 4 aromatic rings. The number of alkyl halides is 2. The van der Waals surface area contributed by atoms with Crippen molar-refractivity contribution in [1.29, 1.82) is 0 Å². The van der Waals surface area contributed by atoms with E-state index in [2.05, 4.69) is 25.3 Å². The first-order chi connectivity index (χ1) is 16.7. The van der Waals surface area contributed by atoms with Gasteiger partial charge in [0.1, 0.15) is 0 Å². The van der Waals surface area contributed by atoms with Crippen LogP contribution in [-0.4, -0.2) is 38.8 Å². The van der Waals surface area contributed by atoms with E-state index in [0.29, 0.717) is 29.6 Å². The molecule has 0 saturated heterocycles. The summed E-state index contributed by atoms with van der Waals surface area (Å²) in [4.78, 5) is 22.3. The SMILES string of the molecule is Cc1c(CC(=O)O)c(-c2ccc(Cl)cc2)c2cc(C)n3c2c1N(c1ncc(OC(F)F)cn1)CC3. The average molecular weight is 499 g/mol. The first-order valence-electron chi connectivity index (χ1n) is 10.9. The Hall–Kier alpha value is -3.72. The fourth-order valence-electron chi connectivity index (χ4n) is 4.85. The van der Waals surface area contributed by atoms with Gasteiger partial charge in [0.15, 0.2) is 5.75 Å². The summed E-state index contributed by atoms with van der Waals surface area (Å²) in [5, 5.41) is 11.3. The molecule has 7 nitrogen and oxygen atoms in total. The molecule has 180 valence electrons. The van der Waals surface area contributed by atoms with Gasteiger partial charge in [-0.2, -0.15) is 8.78 Å². The largest absolute Gasteiger partial charge is 0.481 e. The molecular formula is C25H21ClF2N4O3. The van der Waals surface area contributed by atoms with Crippen molar-refractivity contribution in [2.75, 3.05) is 11.4 Å². The summed E-state index contributed by atoms with van der Waals surface area (Å²) in [7, 11) is 0. The molecule has 0 saturated carbocycles. The van der Waals surface area contributed by atoms with Crippen molar-refractivity contribution in [2.24, 2.45) is 0 Å². The Morgan fingerprint density at radius 1 is 1.17 bits per heavy atom. The number of rotatable bonds is 6. The highest BCUT2D eigenvalue weighted by Gasteiger charge is 2.30. The van der Waals surface area contributed by atoms with Gasteiger partial charge in [-0.3, -0.25) is 4.79 Å². The van der Waals surface area contributed by atoms with Crippen LogP contribution in [0.15, 0.2) is 42.7 Å². The molecule has 3 heterocycles. The van der Waals surface area contributed by atoms with Gasteiger partial charge in [0.2, 0.25) is 5.95 Å². The number of carboxylic acids is 1. The lowest BCUT2D eigenvalue weighted by molar-refractivity contribution is -0.136. The van der Waals surface area contributed by atoms with Crippen molar-refractivity contribution in [1.82, 2.24) is 14.5 Å². The predicted molar refractivity (Wildman–Crippen MR) is 129 cm³/mol. The smallest absolute Gasteiger partial charge is 0.387 e. The zero-order chi connectivity index (χ0) is 24.9. The minimum Gasteiger partial charge on any atom is -0.481 e. The lowest BCUT2D eigenvalue weighted by Gasteiger charge is -2.33. The number of halogens is 3. The molecule has 2 aromatic heterocycles. The van der Waals surface area contributed by atoms with Crippen LogP contribution in [0.25, 0.3) is 22.0 Å². The van der Waals surface area contributed by atoms with Crippen LogP contribution in [0.2, 0.25) is 5.02 Å². The van der Waals surface area contributed by atoms with Gasteiger partial charge >= 0.3 is 12.6 Å². The topological polar surface area (TPSA) is 80.5 Å². The zero-order valence-corrected chi connectivity index (χ0v) is 19.7. The predicted octanol–water partition coefficient (Wildman–Crippen LogP) is 5.75. The minimum absolute atomic E-state index is 0.133. The second-order valence-corrected chi connectivity index (χ2v) is 8.79. The molecule has 0 unspecified atom stereocenters. The maximum absolute atomic E-state index is 12.6. The summed E-state index contributed by atoms with van der Waals surface area (Å²) in [6, 6.07) is 9.42. The maximum Gasteiger partial charge on any atom is 0.387 e. The summed E-state index contributed by atoms with van der Waals surface area (Å²) >= 11 is 6.12. The van der Waals surface area contributed by atoms with E-state index < -0.39 is 12.6 Å². The van der Waals surface area contributed by atoms with Crippen LogP contribution in [-0.2, 0) is 17.8 Å². The molecule has 0 fully saturated rings. The average Bonchev–Trinajstić information content (AvgIpc) is 3.14. The Labute approximate surface area is 204 Å². The van der Waals surface area contributed by atoms with Gasteiger partial charge in [0.25, 0.3) is 0 Å². The number of anilines is 2. The van der Waals surface area contributed by atoms with E-state index in [1.165, 1.54) is 12.4 Å². The first kappa shape index (κ1) is 23.0. The Balaban J connectivity index is 1.76. The summed E-state index contributed by atoms with van der Waals surface area (Å²) in [5.41, 5.74) is 6.00. The highest BCUT2D eigenvalue weighted by molar-refractivity contribution is 6.30. The van der Waals surface area contributed by atoms with Crippen molar-refractivity contribution < 1.29 is 23.4 Å². The van der Waals surface area contributed by atoms with Crippen LogP contribution in [0.1, 0.15) is 16.8 Å². The van der Waals surface area contributed by atoms with Gasteiger partial charge in [0, 0.05) is 29.2 Å². The van der Waals surface area contributed by atoms with E-state index in [4.69, 9.17) is 11.6 Å². The van der Waals surface area contributed by atoms with E-state index in [1.54, 1.807) is 12.1 Å². The number of ether oxygens (including phenoxy) is 1. The molecule has 0 atom stereocenters. The van der Waals surface area contributed by atoms with Crippen LogP contribution in [0.3, 0.4) is 0 Å². The molecule has 0 radical (unpaired) electrons. The van der Waals surface area contributed by atoms with E-state index in [0.717, 1.165) is 39.0 Å². The number of aliphatic carboxylic acids is 1. The number of carboxylic acid groups (broad SMARTS) is 1. The molecule has 0 bridgehead atoms. The van der Waals surface area contributed by atoms with Crippen LogP contribution in [0.4, 0.5) is 20.4 Å². The molecule has 0 spiro atoms. The van der Waals surface area contributed by atoms with E-state index >= 15 is 0 Å². The zero-order valence-electron chi connectivity index (χ0n) is 18.9. The second-order valence-electron chi connectivity index (χ2n) is 8.35. The van der Waals surface area contributed by atoms with Gasteiger partial charge in [-0.15, -0.1) is 0 Å². The summed E-state index contributed by atoms with van der Waals surface area (Å²) < 4.78 is 31.7. The highest BCUT2D eigenvalue weighted by Crippen LogP contribution is 2.46. The number of hydrogen-bond donors (Lipinski definition) is 1. The van der Waals surface area contributed by atoms with Crippen molar-refractivity contribution in [2.45, 2.75) is 33.4 Å². The number of hydrogen-bond acceptors (Lipinski definition) is 5. The minimum atomic E-state index is -2.97. The van der Waals surface area contributed by atoms with Gasteiger partial charge in [-0.05, 0) is 54.3 Å². The molecular weight excluding hydrogens is 478 g/mol. The molecule has 0 aliphatic carbocycles. The quantitative estimate of drug-likeness (QED) is 0.364. The lowest BCUT2D eigenvalue weighted by Crippen LogP contribution is -2.30. The van der Waals surface area contributed by atoms with Crippen molar-refractivity contribution >= 4 is 40.1 Å². The summed E-state index contributed by atoms with van der Waals surface area (Å²) in [6.45, 7) is 2.13. The molecule has 35 heavy (non-hydrogen) atoms. The number of benzene rings is 2. The van der Waals surface area contributed by atoms with E-state index in [9.17, 15) is 18.7 Å². The molecule has 1 aliphatic heterocycles. The molecule has 5 rings (SSSR count).